The number of benzene rings is 2. The molecule has 0 saturated heterocycles. The number of aromatic nitrogens is 2. The molecule has 0 spiro atoms. The average Bonchev–Trinajstić information content (AvgIpc) is 2.95. The molecule has 144 valence electrons. The van der Waals surface area contributed by atoms with Gasteiger partial charge in [0.2, 0.25) is 0 Å². The quantitative estimate of drug-likeness (QED) is 0.345. The highest BCUT2D eigenvalue weighted by Crippen LogP contribution is 2.33. The van der Waals surface area contributed by atoms with E-state index in [0.717, 1.165) is 12.2 Å². The van der Waals surface area contributed by atoms with Crippen molar-refractivity contribution in [2.24, 2.45) is 0 Å². The Kier molecular flexibility index (Phi) is 6.17. The summed E-state index contributed by atoms with van der Waals surface area (Å²) in [7, 11) is 0. The highest BCUT2D eigenvalue weighted by atomic mass is 35.5. The van der Waals surface area contributed by atoms with Crippen molar-refractivity contribution in [2.75, 3.05) is 6.26 Å². The molecule has 2 aromatic heterocycles. The maximum absolute atomic E-state index is 4.78. The van der Waals surface area contributed by atoms with Gasteiger partial charge in [-0.05, 0) is 56.4 Å². The van der Waals surface area contributed by atoms with Gasteiger partial charge in [-0.2, -0.15) is 0 Å². The zero-order chi connectivity index (χ0) is 19.0. The van der Waals surface area contributed by atoms with Crippen molar-refractivity contribution >= 4 is 35.1 Å². The van der Waals surface area contributed by atoms with Crippen LogP contribution in [0.15, 0.2) is 65.7 Å². The smallest absolute Gasteiger partial charge is 0.0945 e. The third kappa shape index (κ3) is 3.69. The van der Waals surface area contributed by atoms with Crippen LogP contribution in [0.5, 0.6) is 0 Å². The van der Waals surface area contributed by atoms with Crippen LogP contribution in [-0.4, -0.2) is 15.8 Å². The number of thioether (sulfide) groups is 1. The van der Waals surface area contributed by atoms with Gasteiger partial charge < -0.3 is 4.57 Å². The van der Waals surface area contributed by atoms with E-state index in [1.165, 1.54) is 43.7 Å². The van der Waals surface area contributed by atoms with E-state index in [4.69, 9.17) is 4.98 Å². The first-order valence-corrected chi connectivity index (χ1v) is 10.5. The van der Waals surface area contributed by atoms with E-state index >= 15 is 0 Å². The van der Waals surface area contributed by atoms with Gasteiger partial charge >= 0.3 is 0 Å². The lowest BCUT2D eigenvalue weighted by molar-refractivity contribution is 0.800. The first kappa shape index (κ1) is 20.5. The molecule has 0 N–H and O–H groups in total. The van der Waals surface area contributed by atoms with Crippen LogP contribution in [0.1, 0.15) is 22.4 Å². The minimum absolute atomic E-state index is 0. The van der Waals surface area contributed by atoms with Gasteiger partial charge in [0.25, 0.3) is 0 Å². The Labute approximate surface area is 177 Å². The van der Waals surface area contributed by atoms with Crippen molar-refractivity contribution in [3.05, 3.63) is 83.2 Å². The summed E-state index contributed by atoms with van der Waals surface area (Å²) in [5, 5.41) is 1.29. The summed E-state index contributed by atoms with van der Waals surface area (Å²) in [6.07, 6.45) is 4.04. The molecule has 0 radical (unpaired) electrons. The number of hydrogen-bond donors (Lipinski definition) is 0. The molecule has 2 aromatic carbocycles. The average molecular weight is 409 g/mol. The van der Waals surface area contributed by atoms with Gasteiger partial charge in [-0.25, -0.2) is 0 Å². The van der Waals surface area contributed by atoms with Crippen molar-refractivity contribution in [1.29, 1.82) is 0 Å². The highest BCUT2D eigenvalue weighted by molar-refractivity contribution is 7.98. The van der Waals surface area contributed by atoms with Crippen LogP contribution in [0.4, 0.5) is 0 Å². The molecule has 4 aromatic rings. The van der Waals surface area contributed by atoms with E-state index in [2.05, 4.69) is 86.2 Å². The Morgan fingerprint density at radius 2 is 1.57 bits per heavy atom. The largest absolute Gasteiger partial charge is 0.338 e. The summed E-state index contributed by atoms with van der Waals surface area (Å²) in [6.45, 7) is 7.41. The van der Waals surface area contributed by atoms with E-state index in [1.54, 1.807) is 11.8 Å². The number of aryl methyl sites for hydroxylation is 2. The van der Waals surface area contributed by atoms with Gasteiger partial charge in [0, 0.05) is 34.3 Å². The zero-order valence-electron chi connectivity index (χ0n) is 16.7. The molecule has 4 rings (SSSR count). The maximum atomic E-state index is 4.78. The number of fused-ring (bicyclic) bond motifs is 1. The predicted molar refractivity (Wildman–Crippen MR) is 124 cm³/mol. The fourth-order valence-corrected chi connectivity index (χ4v) is 4.04. The lowest BCUT2D eigenvalue weighted by atomic mass is 10.1. The molecule has 0 fully saturated rings. The Balaban J connectivity index is 0.00000225. The van der Waals surface area contributed by atoms with Crippen LogP contribution in [0.25, 0.3) is 22.2 Å². The van der Waals surface area contributed by atoms with E-state index < -0.39 is 0 Å². The molecule has 0 bridgehead atoms. The molecular weight excluding hydrogens is 384 g/mol. The Morgan fingerprint density at radius 1 is 0.893 bits per heavy atom. The second-order valence-corrected chi connectivity index (χ2v) is 7.95. The molecule has 0 aliphatic heterocycles. The monoisotopic (exact) mass is 408 g/mol. The molecule has 0 aliphatic rings. The lowest BCUT2D eigenvalue weighted by Gasteiger charge is -2.12. The first-order chi connectivity index (χ1) is 13.1. The van der Waals surface area contributed by atoms with E-state index in [9.17, 15) is 0 Å². The molecule has 0 unspecified atom stereocenters. The number of pyridine rings is 1. The Morgan fingerprint density at radius 3 is 2.21 bits per heavy atom. The van der Waals surface area contributed by atoms with Crippen LogP contribution in [-0.2, 0) is 6.54 Å². The SMILES string of the molecule is CSc1ccc(-c2nccc3c(C)c(C)n(Cc4ccc(C)cc4)c23)cc1.Cl. The van der Waals surface area contributed by atoms with Crippen molar-refractivity contribution in [2.45, 2.75) is 32.2 Å². The lowest BCUT2D eigenvalue weighted by Crippen LogP contribution is -2.03. The summed E-state index contributed by atoms with van der Waals surface area (Å²) in [5.74, 6) is 0. The third-order valence-corrected chi connectivity index (χ3v) is 6.11. The molecule has 0 atom stereocenters. The van der Waals surface area contributed by atoms with Crippen LogP contribution < -0.4 is 0 Å². The molecule has 0 aliphatic carbocycles. The van der Waals surface area contributed by atoms with Crippen molar-refractivity contribution in [3.63, 3.8) is 0 Å². The van der Waals surface area contributed by atoms with Gasteiger partial charge in [0.05, 0.1) is 11.2 Å². The first-order valence-electron chi connectivity index (χ1n) is 9.23. The molecule has 2 nitrogen and oxygen atoms in total. The summed E-state index contributed by atoms with van der Waals surface area (Å²) >= 11 is 1.76. The fraction of sp³-hybridized carbons (Fsp3) is 0.208. The van der Waals surface area contributed by atoms with Gasteiger partial charge in [-0.3, -0.25) is 4.98 Å². The summed E-state index contributed by atoms with van der Waals surface area (Å²) in [6, 6.07) is 19.7. The molecular formula is C24H25ClN2S. The molecule has 0 amide bonds. The van der Waals surface area contributed by atoms with E-state index in [1.807, 2.05) is 6.20 Å². The Hall–Kier alpha value is -2.23. The minimum Gasteiger partial charge on any atom is -0.338 e. The van der Waals surface area contributed by atoms with Crippen LogP contribution in [0, 0.1) is 20.8 Å². The second kappa shape index (κ2) is 8.42. The van der Waals surface area contributed by atoms with Crippen LogP contribution in [0.2, 0.25) is 0 Å². The molecule has 0 saturated carbocycles. The number of hydrogen-bond acceptors (Lipinski definition) is 2. The van der Waals surface area contributed by atoms with E-state index in [0.29, 0.717) is 0 Å². The number of halogens is 1. The van der Waals surface area contributed by atoms with Gasteiger partial charge in [-0.15, -0.1) is 24.2 Å². The van der Waals surface area contributed by atoms with Crippen LogP contribution >= 0.6 is 24.2 Å². The molecule has 28 heavy (non-hydrogen) atoms. The summed E-state index contributed by atoms with van der Waals surface area (Å²) in [5.41, 5.74) is 8.70. The number of nitrogens with zero attached hydrogens (tertiary/aromatic N) is 2. The molecule has 2 heterocycles. The Bertz CT molecular complexity index is 1100. The number of rotatable bonds is 4. The topological polar surface area (TPSA) is 17.8 Å². The predicted octanol–water partition coefficient (Wildman–Crippen LogP) is 6.82. The van der Waals surface area contributed by atoms with Crippen LogP contribution in [0.3, 0.4) is 0 Å². The van der Waals surface area contributed by atoms with Gasteiger partial charge in [0.1, 0.15) is 0 Å². The minimum atomic E-state index is 0. The normalized spacial score (nSPS) is 10.9. The van der Waals surface area contributed by atoms with Gasteiger partial charge in [-0.1, -0.05) is 42.0 Å². The standard InChI is InChI=1S/C24H24N2S.ClH/c1-16-5-7-19(8-6-16)15-26-18(3)17(2)22-13-14-25-23(24(22)26)20-9-11-21(27-4)12-10-20;/h5-14H,15H2,1-4H3;1H. The van der Waals surface area contributed by atoms with E-state index in [-0.39, 0.29) is 12.4 Å². The van der Waals surface area contributed by atoms with Crippen molar-refractivity contribution in [1.82, 2.24) is 9.55 Å². The zero-order valence-corrected chi connectivity index (χ0v) is 18.3. The molecule has 4 heteroatoms. The fourth-order valence-electron chi connectivity index (χ4n) is 3.63. The third-order valence-electron chi connectivity index (χ3n) is 5.37. The van der Waals surface area contributed by atoms with Crippen molar-refractivity contribution < 1.29 is 0 Å². The second-order valence-electron chi connectivity index (χ2n) is 7.07. The highest BCUT2D eigenvalue weighted by Gasteiger charge is 2.16. The maximum Gasteiger partial charge on any atom is 0.0945 e. The summed E-state index contributed by atoms with van der Waals surface area (Å²) < 4.78 is 2.42. The van der Waals surface area contributed by atoms with Gasteiger partial charge in [0.15, 0.2) is 0 Å². The van der Waals surface area contributed by atoms with Crippen molar-refractivity contribution in [3.8, 4) is 11.3 Å². The summed E-state index contributed by atoms with van der Waals surface area (Å²) in [4.78, 5) is 6.05.